The highest BCUT2D eigenvalue weighted by Crippen LogP contribution is 2.37. The lowest BCUT2D eigenvalue weighted by Crippen LogP contribution is -2.62. The van der Waals surface area contributed by atoms with Crippen LogP contribution in [0.25, 0.3) is 0 Å². The zero-order valence-electron chi connectivity index (χ0n) is 25.2. The molecule has 0 bridgehead atoms. The monoisotopic (exact) mass is 607 g/mol. The number of carbonyl (C=O) groups excluding carboxylic acids is 2. The molecule has 4 N–H and O–H groups in total. The molecule has 1 aromatic carbocycles. The molecule has 0 aromatic heterocycles. The molecule has 42 heavy (non-hydrogen) atoms. The van der Waals surface area contributed by atoms with E-state index in [1.807, 2.05) is 11.9 Å². The van der Waals surface area contributed by atoms with Crippen molar-refractivity contribution in [1.82, 2.24) is 20.0 Å². The van der Waals surface area contributed by atoms with E-state index in [0.717, 1.165) is 39.3 Å². The number of piperidine rings is 1. The first-order chi connectivity index (χ1) is 19.9. The summed E-state index contributed by atoms with van der Waals surface area (Å²) in [6.07, 6.45) is 0.00679. The largest absolute Gasteiger partial charge is 0.481 e. The predicted molar refractivity (Wildman–Crippen MR) is 159 cm³/mol. The molecule has 0 aliphatic carbocycles. The van der Waals surface area contributed by atoms with Crippen molar-refractivity contribution in [2.45, 2.75) is 24.7 Å². The molecule has 0 radical (unpaired) electrons. The number of piperazine rings is 2. The fraction of sp³-hybridized carbons (Fsp3) is 0.655. The van der Waals surface area contributed by atoms with E-state index in [1.165, 1.54) is 37.4 Å². The minimum absolute atomic E-state index is 0.00340. The van der Waals surface area contributed by atoms with Crippen molar-refractivity contribution in [2.75, 3.05) is 98.4 Å². The molecule has 2 amide bonds. The number of nitrogens with zero attached hydrogens (tertiary/aromatic N) is 4. The van der Waals surface area contributed by atoms with Crippen LogP contribution in [0.4, 0.5) is 0 Å². The number of likely N-dealkylation sites (tertiary alicyclic amines) is 1. The molecule has 234 valence electrons. The standard InChI is InChI=1S/C24H34N4O6S.C5H12N2/c1-3-4-17-34-20-5-7-21(8-6-20)35(32,33)19-24(23(25)30)9-15-28(31,16-10-24)22(29)18-27-13-11-26(2)12-14-27;1-7-4-2-6-3-5-7/h5-8,31H,9-19H2,1-2H3,(H-,25,30);6H,2-5H2,1H3/p+1. The molecule has 12 nitrogen and oxygen atoms in total. The molecule has 3 heterocycles. The van der Waals surface area contributed by atoms with E-state index in [2.05, 4.69) is 34.0 Å². The van der Waals surface area contributed by atoms with Crippen molar-refractivity contribution in [1.29, 1.82) is 0 Å². The summed E-state index contributed by atoms with van der Waals surface area (Å²) in [5, 5.41) is 14.3. The Morgan fingerprint density at radius 3 is 2.10 bits per heavy atom. The van der Waals surface area contributed by atoms with Crippen molar-refractivity contribution in [3.8, 4) is 17.6 Å². The highest BCUT2D eigenvalue weighted by molar-refractivity contribution is 7.91. The van der Waals surface area contributed by atoms with Crippen LogP contribution in [0.5, 0.6) is 5.75 Å². The first-order valence-electron chi connectivity index (χ1n) is 14.5. The summed E-state index contributed by atoms with van der Waals surface area (Å²) in [5.41, 5.74) is 4.33. The van der Waals surface area contributed by atoms with Crippen LogP contribution in [-0.2, 0) is 19.4 Å². The second kappa shape index (κ2) is 15.2. The summed E-state index contributed by atoms with van der Waals surface area (Å²) in [6.45, 7) is 9.81. The molecule has 3 saturated heterocycles. The molecule has 4 rings (SSSR count). The fourth-order valence-electron chi connectivity index (χ4n) is 5.23. The summed E-state index contributed by atoms with van der Waals surface area (Å²) < 4.78 is 30.9. The topological polar surface area (TPSA) is 146 Å². The lowest BCUT2D eigenvalue weighted by Gasteiger charge is -2.41. The molecule has 0 atom stereocenters. The maximum atomic E-state index is 13.2. The van der Waals surface area contributed by atoms with Crippen molar-refractivity contribution in [3.05, 3.63) is 24.3 Å². The number of rotatable bonds is 8. The lowest BCUT2D eigenvalue weighted by atomic mass is 9.79. The Morgan fingerprint density at radius 2 is 1.60 bits per heavy atom. The minimum Gasteiger partial charge on any atom is -0.481 e. The van der Waals surface area contributed by atoms with Crippen LogP contribution in [0.1, 0.15) is 19.8 Å². The number of hydrogen-bond donors (Lipinski definition) is 3. The number of hydrogen-bond acceptors (Lipinski definition) is 10. The van der Waals surface area contributed by atoms with Crippen molar-refractivity contribution < 1.29 is 32.6 Å². The predicted octanol–water partition coefficient (Wildman–Crippen LogP) is -0.371. The van der Waals surface area contributed by atoms with Crippen LogP contribution in [0.3, 0.4) is 0 Å². The number of likely N-dealkylation sites (N-methyl/N-ethyl adjacent to an activating group) is 2. The molecule has 13 heteroatoms. The third-order valence-corrected chi connectivity index (χ3v) is 10.3. The average Bonchev–Trinajstić information content (AvgIpc) is 2.96. The van der Waals surface area contributed by atoms with Gasteiger partial charge in [-0.15, -0.1) is 10.6 Å². The number of nitrogens with two attached hydrogens (primary N) is 1. The van der Waals surface area contributed by atoms with Crippen LogP contribution in [0.15, 0.2) is 29.2 Å². The number of quaternary nitrogens is 1. The SMILES string of the molecule is CC#CCOc1ccc(S(=O)(=O)CC2(C(N)=O)CC[N+](O)(C(=O)CN3CCN(C)CC3)CC2)cc1.CN1CCNCC1. The first-order valence-corrected chi connectivity index (χ1v) is 16.1. The molecule has 0 spiro atoms. The van der Waals surface area contributed by atoms with Gasteiger partial charge >= 0.3 is 5.91 Å². The second-order valence-electron chi connectivity index (χ2n) is 11.5. The minimum atomic E-state index is -3.86. The molecule has 1 aromatic rings. The quantitative estimate of drug-likeness (QED) is 0.203. The van der Waals surface area contributed by atoms with Gasteiger partial charge in [0.05, 0.1) is 16.1 Å². The molecule has 0 unspecified atom stereocenters. The number of amides is 2. The molecular weight excluding hydrogens is 560 g/mol. The van der Waals surface area contributed by atoms with E-state index in [9.17, 15) is 23.2 Å². The van der Waals surface area contributed by atoms with Crippen LogP contribution < -0.4 is 15.8 Å². The number of nitrogens with one attached hydrogen (secondary N) is 1. The number of sulfone groups is 1. The third-order valence-electron chi connectivity index (χ3n) is 8.34. The molecule has 0 saturated carbocycles. The van der Waals surface area contributed by atoms with E-state index in [0.29, 0.717) is 5.75 Å². The smallest absolute Gasteiger partial charge is 0.359 e. The number of benzene rings is 1. The Morgan fingerprint density at radius 1 is 1.02 bits per heavy atom. The van der Waals surface area contributed by atoms with E-state index >= 15 is 0 Å². The lowest BCUT2D eigenvalue weighted by molar-refractivity contribution is -1.04. The molecular formula is C29H47N6O6S+. The second-order valence-corrected chi connectivity index (χ2v) is 13.5. The van der Waals surface area contributed by atoms with E-state index in [1.54, 1.807) is 6.92 Å². The molecule has 3 aliphatic rings. The summed E-state index contributed by atoms with van der Waals surface area (Å²) in [6, 6.07) is 5.92. The van der Waals surface area contributed by atoms with Gasteiger partial charge in [0.2, 0.25) is 5.91 Å². The van der Waals surface area contributed by atoms with Gasteiger partial charge < -0.3 is 25.6 Å². The Balaban J connectivity index is 0.000000603. The Hall–Kier alpha value is -2.57. The van der Waals surface area contributed by atoms with Crippen molar-refractivity contribution in [2.24, 2.45) is 11.1 Å². The van der Waals surface area contributed by atoms with Gasteiger partial charge in [0, 0.05) is 65.2 Å². The van der Waals surface area contributed by atoms with E-state index in [4.69, 9.17) is 10.5 Å². The van der Waals surface area contributed by atoms with Crippen molar-refractivity contribution >= 4 is 21.7 Å². The van der Waals surface area contributed by atoms with Gasteiger partial charge in [0.1, 0.15) is 32.0 Å². The highest BCUT2D eigenvalue weighted by Gasteiger charge is 2.52. The van der Waals surface area contributed by atoms with Crippen LogP contribution >= 0.6 is 0 Å². The average molecular weight is 608 g/mol. The number of ether oxygens (including phenoxy) is 1. The Bertz CT molecular complexity index is 1210. The summed E-state index contributed by atoms with van der Waals surface area (Å²) in [7, 11) is 0.312. The van der Waals surface area contributed by atoms with Gasteiger partial charge in [-0.3, -0.25) is 9.69 Å². The number of primary amides is 1. The number of carbonyl (C=O) groups is 2. The van der Waals surface area contributed by atoms with Crippen LogP contribution in [-0.4, -0.2) is 143 Å². The van der Waals surface area contributed by atoms with E-state index < -0.39 is 31.6 Å². The van der Waals surface area contributed by atoms with Gasteiger partial charge in [0.25, 0.3) is 0 Å². The van der Waals surface area contributed by atoms with Gasteiger partial charge in [-0.2, -0.15) is 0 Å². The number of hydroxylamine groups is 3. The van der Waals surface area contributed by atoms with Gasteiger partial charge in [-0.25, -0.2) is 18.4 Å². The molecule has 3 fully saturated rings. The third kappa shape index (κ3) is 9.47. The Kier molecular flexibility index (Phi) is 12.3. The summed E-state index contributed by atoms with van der Waals surface area (Å²) in [5.74, 6) is 4.38. The zero-order chi connectivity index (χ0) is 30.8. The molecule has 3 aliphatic heterocycles. The first kappa shape index (κ1) is 33.9. The maximum absolute atomic E-state index is 13.2. The highest BCUT2D eigenvalue weighted by atomic mass is 32.2. The van der Waals surface area contributed by atoms with E-state index in [-0.39, 0.29) is 49.9 Å². The zero-order valence-corrected chi connectivity index (χ0v) is 26.0. The van der Waals surface area contributed by atoms with Gasteiger partial charge in [0.15, 0.2) is 9.84 Å². The van der Waals surface area contributed by atoms with Crippen LogP contribution in [0.2, 0.25) is 0 Å². The van der Waals surface area contributed by atoms with Gasteiger partial charge in [-0.1, -0.05) is 5.92 Å². The van der Waals surface area contributed by atoms with Gasteiger partial charge in [-0.05, 0) is 45.3 Å². The summed E-state index contributed by atoms with van der Waals surface area (Å²) >= 11 is 0. The normalized spacial score (nSPS) is 25.8. The fourth-order valence-corrected chi connectivity index (χ4v) is 7.11. The maximum Gasteiger partial charge on any atom is 0.359 e. The summed E-state index contributed by atoms with van der Waals surface area (Å²) in [4.78, 5) is 31.9. The van der Waals surface area contributed by atoms with Crippen molar-refractivity contribution in [3.63, 3.8) is 0 Å². The van der Waals surface area contributed by atoms with Crippen LogP contribution in [0, 0.1) is 17.3 Å². The Labute approximate surface area is 250 Å².